The molecule has 0 bridgehead atoms. The minimum Gasteiger partial charge on any atom is -0.343 e. The highest BCUT2D eigenvalue weighted by atomic mass is 19.1. The van der Waals surface area contributed by atoms with Crippen molar-refractivity contribution in [1.29, 1.82) is 0 Å². The van der Waals surface area contributed by atoms with Crippen LogP contribution in [0.5, 0.6) is 0 Å². The summed E-state index contributed by atoms with van der Waals surface area (Å²) in [6.45, 7) is 0.428. The molecule has 0 saturated carbocycles. The van der Waals surface area contributed by atoms with E-state index in [9.17, 15) is 4.39 Å². The first-order valence-electron chi connectivity index (χ1n) is 5.34. The molecule has 4 heteroatoms. The Hall–Kier alpha value is -1.94. The van der Waals surface area contributed by atoms with Crippen LogP contribution in [0.3, 0.4) is 0 Å². The molecule has 88 valence electrons. The minimum atomic E-state index is -0.257. The average molecular weight is 231 g/mol. The van der Waals surface area contributed by atoms with Gasteiger partial charge >= 0.3 is 0 Å². The highest BCUT2D eigenvalue weighted by Gasteiger charge is 2.08. The lowest BCUT2D eigenvalue weighted by Gasteiger charge is -2.21. The highest BCUT2D eigenvalue weighted by molar-refractivity contribution is 5.64. The molecule has 2 rings (SSSR count). The number of nitrogens with zero attached hydrogens (tertiary/aromatic N) is 2. The number of hydrogen-bond acceptors (Lipinski definition) is 3. The van der Waals surface area contributed by atoms with E-state index in [0.29, 0.717) is 6.54 Å². The molecule has 0 aliphatic rings. The van der Waals surface area contributed by atoms with E-state index in [0.717, 1.165) is 16.9 Å². The fourth-order valence-corrected chi connectivity index (χ4v) is 1.71. The van der Waals surface area contributed by atoms with Crippen molar-refractivity contribution in [2.45, 2.75) is 6.54 Å². The van der Waals surface area contributed by atoms with Crippen LogP contribution in [0.25, 0.3) is 0 Å². The second kappa shape index (κ2) is 4.93. The lowest BCUT2D eigenvalue weighted by Crippen LogP contribution is -2.13. The van der Waals surface area contributed by atoms with Gasteiger partial charge < -0.3 is 10.6 Å². The Bertz CT molecular complexity index is 514. The maximum atomic E-state index is 13.2. The third-order valence-corrected chi connectivity index (χ3v) is 2.66. The predicted molar refractivity (Wildman–Crippen MR) is 66.6 cm³/mol. The number of nitrogens with two attached hydrogens (primary N) is 1. The summed E-state index contributed by atoms with van der Waals surface area (Å²) >= 11 is 0. The van der Waals surface area contributed by atoms with E-state index in [1.165, 1.54) is 12.1 Å². The van der Waals surface area contributed by atoms with E-state index >= 15 is 0 Å². The summed E-state index contributed by atoms with van der Waals surface area (Å²) in [6, 6.07) is 8.29. The molecule has 0 amide bonds. The van der Waals surface area contributed by atoms with Crippen molar-refractivity contribution in [3.8, 4) is 0 Å². The van der Waals surface area contributed by atoms with Crippen molar-refractivity contribution in [1.82, 2.24) is 4.98 Å². The summed E-state index contributed by atoms with van der Waals surface area (Å²) in [6.07, 6.45) is 3.43. The Morgan fingerprint density at radius 1 is 1.35 bits per heavy atom. The van der Waals surface area contributed by atoms with Crippen molar-refractivity contribution >= 4 is 11.4 Å². The fourth-order valence-electron chi connectivity index (χ4n) is 1.71. The Balaban J connectivity index is 2.40. The van der Waals surface area contributed by atoms with Gasteiger partial charge in [-0.1, -0.05) is 6.07 Å². The van der Waals surface area contributed by atoms with Gasteiger partial charge in [0, 0.05) is 25.5 Å². The largest absolute Gasteiger partial charge is 0.343 e. The number of aromatic nitrogens is 1. The molecule has 2 N–H and O–H groups in total. The second-order valence-corrected chi connectivity index (χ2v) is 3.75. The molecule has 0 atom stereocenters. The van der Waals surface area contributed by atoms with E-state index in [4.69, 9.17) is 5.73 Å². The van der Waals surface area contributed by atoms with Crippen molar-refractivity contribution in [2.75, 3.05) is 11.9 Å². The van der Waals surface area contributed by atoms with Gasteiger partial charge in [0.1, 0.15) is 5.82 Å². The zero-order valence-electron chi connectivity index (χ0n) is 9.60. The van der Waals surface area contributed by atoms with Crippen LogP contribution in [-0.2, 0) is 6.54 Å². The van der Waals surface area contributed by atoms with Gasteiger partial charge in [-0.05, 0) is 29.8 Å². The van der Waals surface area contributed by atoms with Gasteiger partial charge in [-0.2, -0.15) is 0 Å². The molecule has 0 aliphatic carbocycles. The summed E-state index contributed by atoms with van der Waals surface area (Å²) in [5.74, 6) is -0.257. The quantitative estimate of drug-likeness (QED) is 0.882. The lowest BCUT2D eigenvalue weighted by molar-refractivity contribution is 0.628. The fraction of sp³-hybridized carbons (Fsp3) is 0.154. The lowest BCUT2D eigenvalue weighted by atomic mass is 10.2. The number of benzene rings is 1. The molecule has 0 fully saturated rings. The van der Waals surface area contributed by atoms with Gasteiger partial charge in [-0.15, -0.1) is 0 Å². The van der Waals surface area contributed by atoms with Gasteiger partial charge in [0.15, 0.2) is 0 Å². The van der Waals surface area contributed by atoms with E-state index in [1.807, 2.05) is 24.1 Å². The highest BCUT2D eigenvalue weighted by Crippen LogP contribution is 2.26. The first-order chi connectivity index (χ1) is 8.22. The standard InChI is InChI=1S/C13H14FN3/c1-17(12-4-2-3-11(14)7-12)13-9-16-6-5-10(13)8-15/h2-7,9H,8,15H2,1H3. The van der Waals surface area contributed by atoms with Crippen LogP contribution >= 0.6 is 0 Å². The van der Waals surface area contributed by atoms with Crippen molar-refractivity contribution in [3.05, 3.63) is 54.1 Å². The Kier molecular flexibility index (Phi) is 3.35. The van der Waals surface area contributed by atoms with E-state index in [2.05, 4.69) is 4.98 Å². The number of pyridine rings is 1. The van der Waals surface area contributed by atoms with Gasteiger partial charge in [-0.25, -0.2) is 4.39 Å². The third kappa shape index (κ3) is 2.42. The summed E-state index contributed by atoms with van der Waals surface area (Å²) in [5.41, 5.74) is 8.31. The van der Waals surface area contributed by atoms with Crippen LogP contribution < -0.4 is 10.6 Å². The van der Waals surface area contributed by atoms with Crippen molar-refractivity contribution < 1.29 is 4.39 Å². The molecule has 1 heterocycles. The summed E-state index contributed by atoms with van der Waals surface area (Å²) in [7, 11) is 1.87. The van der Waals surface area contributed by atoms with Gasteiger partial charge in [0.25, 0.3) is 0 Å². The zero-order valence-corrected chi connectivity index (χ0v) is 9.60. The Morgan fingerprint density at radius 3 is 2.88 bits per heavy atom. The zero-order chi connectivity index (χ0) is 12.3. The third-order valence-electron chi connectivity index (χ3n) is 2.66. The molecule has 1 aromatic carbocycles. The monoisotopic (exact) mass is 231 g/mol. The normalized spacial score (nSPS) is 10.3. The molecule has 0 spiro atoms. The number of hydrogen-bond donors (Lipinski definition) is 1. The summed E-state index contributed by atoms with van der Waals surface area (Å²) < 4.78 is 13.2. The topological polar surface area (TPSA) is 42.2 Å². The minimum absolute atomic E-state index is 0.257. The molecule has 3 nitrogen and oxygen atoms in total. The van der Waals surface area contributed by atoms with Gasteiger partial charge in [0.05, 0.1) is 11.9 Å². The van der Waals surface area contributed by atoms with Crippen molar-refractivity contribution in [2.24, 2.45) is 5.73 Å². The molecule has 0 radical (unpaired) electrons. The van der Waals surface area contributed by atoms with Gasteiger partial charge in [-0.3, -0.25) is 4.98 Å². The predicted octanol–water partition coefficient (Wildman–Crippen LogP) is 2.45. The second-order valence-electron chi connectivity index (χ2n) is 3.75. The van der Waals surface area contributed by atoms with E-state index in [-0.39, 0.29) is 5.82 Å². The van der Waals surface area contributed by atoms with Crippen LogP contribution in [0.1, 0.15) is 5.56 Å². The first-order valence-corrected chi connectivity index (χ1v) is 5.34. The maximum Gasteiger partial charge on any atom is 0.125 e. The number of halogens is 1. The SMILES string of the molecule is CN(c1cccc(F)c1)c1cnccc1CN. The van der Waals surface area contributed by atoms with Crippen LogP contribution in [0, 0.1) is 5.82 Å². The molecule has 0 unspecified atom stereocenters. The van der Waals surface area contributed by atoms with Crippen LogP contribution in [0.2, 0.25) is 0 Å². The summed E-state index contributed by atoms with van der Waals surface area (Å²) in [4.78, 5) is 5.94. The van der Waals surface area contributed by atoms with E-state index < -0.39 is 0 Å². The number of anilines is 2. The van der Waals surface area contributed by atoms with Crippen LogP contribution in [0.4, 0.5) is 15.8 Å². The summed E-state index contributed by atoms with van der Waals surface area (Å²) in [5, 5.41) is 0. The molecular formula is C13H14FN3. The van der Waals surface area contributed by atoms with Crippen LogP contribution in [0.15, 0.2) is 42.7 Å². The van der Waals surface area contributed by atoms with Crippen molar-refractivity contribution in [3.63, 3.8) is 0 Å². The molecular weight excluding hydrogens is 217 g/mol. The van der Waals surface area contributed by atoms with Crippen LogP contribution in [-0.4, -0.2) is 12.0 Å². The number of rotatable bonds is 3. The Labute approximate surface area is 99.7 Å². The maximum absolute atomic E-state index is 13.2. The molecule has 17 heavy (non-hydrogen) atoms. The molecule has 1 aromatic heterocycles. The Morgan fingerprint density at radius 2 is 2.18 bits per heavy atom. The first kappa shape index (κ1) is 11.5. The van der Waals surface area contributed by atoms with E-state index in [1.54, 1.807) is 18.5 Å². The molecule has 0 saturated heterocycles. The molecule has 0 aliphatic heterocycles. The average Bonchev–Trinajstić information content (AvgIpc) is 2.38. The smallest absolute Gasteiger partial charge is 0.125 e. The molecule has 2 aromatic rings. The van der Waals surface area contributed by atoms with Gasteiger partial charge in [0.2, 0.25) is 0 Å².